The lowest BCUT2D eigenvalue weighted by Crippen LogP contribution is -2.77. The highest BCUT2D eigenvalue weighted by molar-refractivity contribution is 5.69. The maximum atomic E-state index is 11.4. The van der Waals surface area contributed by atoms with Gasteiger partial charge in [0.1, 0.15) is 18.6 Å². The Morgan fingerprint density at radius 2 is 1.48 bits per heavy atom. The fraction of sp³-hybridized carbons (Fsp3) is 0.667. The highest BCUT2D eigenvalue weighted by Crippen LogP contribution is 2.41. The monoisotopic (exact) mass is 450 g/mol. The molecule has 31 heavy (non-hydrogen) atoms. The van der Waals surface area contributed by atoms with E-state index in [1.54, 1.807) is 6.26 Å². The SMILES string of the molecule is CC(=O)OC[C@H]1O[C@@H](OC(C)=O)[C@H](O)[C@@](O)(OC(C)=O)[C@]1(O)OC(C)=O.CCC1=CO1. The number of allylic oxidation sites excluding steroid dienone is 1. The van der Waals surface area contributed by atoms with Crippen LogP contribution in [0.4, 0.5) is 0 Å². The summed E-state index contributed by atoms with van der Waals surface area (Å²) in [5, 5.41) is 31.6. The number of hydrogen-bond acceptors (Lipinski definition) is 13. The molecule has 1 saturated heterocycles. The van der Waals surface area contributed by atoms with Gasteiger partial charge in [0, 0.05) is 34.1 Å². The molecule has 13 heteroatoms. The molecule has 0 aromatic rings. The van der Waals surface area contributed by atoms with E-state index in [0.717, 1.165) is 39.9 Å². The van der Waals surface area contributed by atoms with Gasteiger partial charge in [0.15, 0.2) is 12.2 Å². The first kappa shape index (κ1) is 26.3. The maximum absolute atomic E-state index is 11.4. The number of aliphatic hydroxyl groups is 3. The van der Waals surface area contributed by atoms with E-state index in [1.165, 1.54) is 0 Å². The first-order valence-corrected chi connectivity index (χ1v) is 9.10. The van der Waals surface area contributed by atoms with Gasteiger partial charge < -0.3 is 43.7 Å². The zero-order valence-electron chi connectivity index (χ0n) is 17.6. The predicted octanol–water partition coefficient (Wildman–Crippen LogP) is -1.03. The largest absolute Gasteiger partial charge is 0.463 e. The smallest absolute Gasteiger partial charge is 0.312 e. The number of esters is 4. The lowest BCUT2D eigenvalue weighted by Gasteiger charge is -2.51. The van der Waals surface area contributed by atoms with Crippen molar-refractivity contribution in [1.29, 1.82) is 0 Å². The van der Waals surface area contributed by atoms with Gasteiger partial charge in [-0.15, -0.1) is 0 Å². The summed E-state index contributed by atoms with van der Waals surface area (Å²) in [6.45, 7) is 4.90. The van der Waals surface area contributed by atoms with E-state index >= 15 is 0 Å². The van der Waals surface area contributed by atoms with Crippen molar-refractivity contribution in [2.24, 2.45) is 0 Å². The van der Waals surface area contributed by atoms with E-state index in [2.05, 4.69) is 30.6 Å². The summed E-state index contributed by atoms with van der Waals surface area (Å²) in [7, 11) is 0. The van der Waals surface area contributed by atoms with E-state index in [9.17, 15) is 34.5 Å². The molecule has 0 amide bonds. The van der Waals surface area contributed by atoms with E-state index in [0.29, 0.717) is 0 Å². The maximum Gasteiger partial charge on any atom is 0.312 e. The van der Waals surface area contributed by atoms with Gasteiger partial charge in [0.25, 0.3) is 0 Å². The number of aliphatic hydroxyl groups excluding tert-OH is 1. The van der Waals surface area contributed by atoms with Gasteiger partial charge in [-0.1, -0.05) is 6.92 Å². The molecule has 3 N–H and O–H groups in total. The molecule has 0 unspecified atom stereocenters. The van der Waals surface area contributed by atoms with Gasteiger partial charge in [0.2, 0.25) is 6.29 Å². The second-order valence-electron chi connectivity index (χ2n) is 6.49. The third kappa shape index (κ3) is 6.89. The van der Waals surface area contributed by atoms with Crippen molar-refractivity contribution in [2.45, 2.75) is 71.1 Å². The third-order valence-corrected chi connectivity index (χ3v) is 3.86. The molecule has 0 radical (unpaired) electrons. The third-order valence-electron chi connectivity index (χ3n) is 3.86. The van der Waals surface area contributed by atoms with Gasteiger partial charge in [-0.05, 0) is 0 Å². The molecule has 5 atom stereocenters. The predicted molar refractivity (Wildman–Crippen MR) is 96.0 cm³/mol. The summed E-state index contributed by atoms with van der Waals surface area (Å²) in [4.78, 5) is 44.9. The van der Waals surface area contributed by atoms with Crippen LogP contribution in [0, 0.1) is 0 Å². The van der Waals surface area contributed by atoms with Crippen LogP contribution in [0.5, 0.6) is 0 Å². The highest BCUT2D eigenvalue weighted by atomic mass is 16.8. The Morgan fingerprint density at radius 3 is 1.84 bits per heavy atom. The molecule has 2 aliphatic rings. The molecule has 13 nitrogen and oxygen atoms in total. The van der Waals surface area contributed by atoms with Crippen LogP contribution in [0.25, 0.3) is 0 Å². The Kier molecular flexibility index (Phi) is 8.93. The summed E-state index contributed by atoms with van der Waals surface area (Å²) in [5.74, 6) is -9.51. The number of rotatable bonds is 6. The molecule has 1 fully saturated rings. The molecule has 0 bridgehead atoms. The first-order chi connectivity index (χ1) is 14.3. The Bertz CT molecular complexity index is 712. The van der Waals surface area contributed by atoms with Crippen molar-refractivity contribution in [2.75, 3.05) is 6.61 Å². The van der Waals surface area contributed by atoms with Gasteiger partial charge in [-0.2, -0.15) is 0 Å². The van der Waals surface area contributed by atoms with Crippen LogP contribution in [-0.4, -0.2) is 75.9 Å². The number of carbonyl (C=O) groups is 4. The highest BCUT2D eigenvalue weighted by Gasteiger charge is 2.72. The zero-order valence-corrected chi connectivity index (χ0v) is 17.6. The van der Waals surface area contributed by atoms with Crippen LogP contribution in [0.3, 0.4) is 0 Å². The van der Waals surface area contributed by atoms with Crippen molar-refractivity contribution < 1.29 is 62.9 Å². The summed E-state index contributed by atoms with van der Waals surface area (Å²) in [6, 6.07) is 0. The van der Waals surface area contributed by atoms with Crippen LogP contribution in [0.15, 0.2) is 12.0 Å². The molecule has 0 aliphatic carbocycles. The molecular weight excluding hydrogens is 424 g/mol. The van der Waals surface area contributed by atoms with Gasteiger partial charge >= 0.3 is 35.5 Å². The van der Waals surface area contributed by atoms with Crippen LogP contribution in [0.2, 0.25) is 0 Å². The topological polar surface area (TPSA) is 188 Å². The molecule has 0 aromatic heterocycles. The zero-order chi connectivity index (χ0) is 24.0. The van der Waals surface area contributed by atoms with Crippen molar-refractivity contribution >= 4 is 23.9 Å². The molecular formula is C18H26O13. The minimum absolute atomic E-state index is 0.812. The first-order valence-electron chi connectivity index (χ1n) is 9.10. The Morgan fingerprint density at radius 1 is 0.968 bits per heavy atom. The van der Waals surface area contributed by atoms with E-state index in [4.69, 9.17) is 4.74 Å². The summed E-state index contributed by atoms with van der Waals surface area (Å²) >= 11 is 0. The van der Waals surface area contributed by atoms with Crippen molar-refractivity contribution in [3.05, 3.63) is 12.0 Å². The van der Waals surface area contributed by atoms with Gasteiger partial charge in [-0.3, -0.25) is 19.2 Å². The molecule has 0 saturated carbocycles. The second-order valence-corrected chi connectivity index (χ2v) is 6.49. The van der Waals surface area contributed by atoms with Crippen molar-refractivity contribution in [3.8, 4) is 0 Å². The Hall–Kier alpha value is -2.74. The minimum Gasteiger partial charge on any atom is -0.463 e. The van der Waals surface area contributed by atoms with Crippen molar-refractivity contribution in [3.63, 3.8) is 0 Å². The standard InChI is InChI=1S/C14H20O12.C4H6O/c1-6(15)22-5-10-13(20,25-8(3)17)14(21,26-9(4)18)11(19)12(24-10)23-7(2)16;1-2-4-3-5-4/h10-12,19-21H,5H2,1-4H3;3H,2H2,1H3/t10-,11+,12-,13-,14-;/m1./s1. The van der Waals surface area contributed by atoms with Crippen LogP contribution >= 0.6 is 0 Å². The molecule has 0 spiro atoms. The van der Waals surface area contributed by atoms with E-state index in [1.807, 2.05) is 0 Å². The second kappa shape index (κ2) is 10.5. The van der Waals surface area contributed by atoms with Crippen molar-refractivity contribution in [1.82, 2.24) is 0 Å². The fourth-order valence-corrected chi connectivity index (χ4v) is 2.48. The summed E-state index contributed by atoms with van der Waals surface area (Å²) < 4.78 is 28.3. The Labute approximate surface area is 177 Å². The quantitative estimate of drug-likeness (QED) is 0.253. The van der Waals surface area contributed by atoms with Crippen LogP contribution < -0.4 is 0 Å². The number of carbonyl (C=O) groups excluding carboxylic acids is 4. The molecule has 2 heterocycles. The number of hydrogen-bond donors (Lipinski definition) is 3. The lowest BCUT2D eigenvalue weighted by molar-refractivity contribution is -0.465. The molecule has 176 valence electrons. The average molecular weight is 450 g/mol. The van der Waals surface area contributed by atoms with Crippen LogP contribution in [0.1, 0.15) is 41.0 Å². The summed E-state index contributed by atoms with van der Waals surface area (Å²) in [5.41, 5.74) is 0. The molecule has 2 rings (SSSR count). The minimum atomic E-state index is -3.31. The van der Waals surface area contributed by atoms with Gasteiger partial charge in [0.05, 0.1) is 0 Å². The van der Waals surface area contributed by atoms with Crippen LogP contribution in [-0.2, 0) is 47.6 Å². The Balaban J connectivity index is 0.000000836. The number of ether oxygens (including phenoxy) is 6. The normalized spacial score (nSPS) is 31.0. The van der Waals surface area contributed by atoms with E-state index < -0.39 is 60.6 Å². The summed E-state index contributed by atoms with van der Waals surface area (Å²) in [6.07, 6.45) is -3.41. The van der Waals surface area contributed by atoms with E-state index in [-0.39, 0.29) is 0 Å². The fourth-order valence-electron chi connectivity index (χ4n) is 2.48. The average Bonchev–Trinajstić information content (AvgIpc) is 3.45. The molecule has 0 aromatic carbocycles. The molecule has 2 aliphatic heterocycles. The lowest BCUT2D eigenvalue weighted by atomic mass is 9.90. The van der Waals surface area contributed by atoms with Gasteiger partial charge in [-0.25, -0.2) is 0 Å².